The lowest BCUT2D eigenvalue weighted by molar-refractivity contribution is -0.146. The number of benzene rings is 2. The number of hydroxylamine groups is 2. The van der Waals surface area contributed by atoms with Crippen LogP contribution in [0.3, 0.4) is 0 Å². The zero-order valence-corrected chi connectivity index (χ0v) is 14.6. The minimum Gasteiger partial charge on any atom is -0.461 e. The smallest absolute Gasteiger partial charge is 0.310 e. The molecule has 2 aromatic rings. The number of carbonyl (C=O) groups is 1. The van der Waals surface area contributed by atoms with Crippen molar-refractivity contribution in [2.24, 2.45) is 0 Å². The lowest BCUT2D eigenvalue weighted by atomic mass is 10.0. The molecule has 4 nitrogen and oxygen atoms in total. The normalized spacial score (nSPS) is 12.0. The standard InChI is InChI=1S/C21H25NO3/c1-3-20(22(24)15-18-10-6-4-7-11-18)17(2)14-21(23)25-16-19-12-8-5-9-13-19/h4-13,20,24H,2-3,14-16H2,1H3. The van der Waals surface area contributed by atoms with Crippen LogP contribution >= 0.6 is 0 Å². The molecule has 0 heterocycles. The van der Waals surface area contributed by atoms with Crippen LogP contribution in [0.4, 0.5) is 0 Å². The van der Waals surface area contributed by atoms with Crippen molar-refractivity contribution < 1.29 is 14.7 Å². The molecule has 0 bridgehead atoms. The summed E-state index contributed by atoms with van der Waals surface area (Å²) < 4.78 is 5.29. The molecule has 0 spiro atoms. The summed E-state index contributed by atoms with van der Waals surface area (Å²) in [6.07, 6.45) is 0.755. The van der Waals surface area contributed by atoms with E-state index in [1.54, 1.807) is 0 Å². The van der Waals surface area contributed by atoms with Gasteiger partial charge in [0.2, 0.25) is 0 Å². The molecule has 2 rings (SSSR count). The first-order valence-corrected chi connectivity index (χ1v) is 8.46. The van der Waals surface area contributed by atoms with Crippen LogP contribution in [0.25, 0.3) is 0 Å². The van der Waals surface area contributed by atoms with Crippen LogP contribution in [-0.2, 0) is 22.7 Å². The SMILES string of the molecule is C=C(CC(=O)OCc1ccccc1)C(CC)N(O)Cc1ccccc1. The highest BCUT2D eigenvalue weighted by Gasteiger charge is 2.21. The van der Waals surface area contributed by atoms with Gasteiger partial charge < -0.3 is 9.94 Å². The van der Waals surface area contributed by atoms with E-state index >= 15 is 0 Å². The van der Waals surface area contributed by atoms with Gasteiger partial charge in [0, 0.05) is 6.54 Å². The quantitative estimate of drug-likeness (QED) is 0.419. The molecule has 0 saturated carbocycles. The first-order chi connectivity index (χ1) is 12.1. The van der Waals surface area contributed by atoms with Gasteiger partial charge in [0.15, 0.2) is 0 Å². The van der Waals surface area contributed by atoms with Crippen LogP contribution < -0.4 is 0 Å². The molecule has 0 saturated heterocycles. The molecule has 0 aliphatic heterocycles. The van der Waals surface area contributed by atoms with E-state index in [0.717, 1.165) is 11.1 Å². The van der Waals surface area contributed by atoms with Gasteiger partial charge in [-0.2, -0.15) is 5.06 Å². The van der Waals surface area contributed by atoms with Gasteiger partial charge in [0.1, 0.15) is 6.61 Å². The van der Waals surface area contributed by atoms with E-state index in [9.17, 15) is 10.0 Å². The highest BCUT2D eigenvalue weighted by atomic mass is 16.5. The molecule has 2 aromatic carbocycles. The Bertz CT molecular complexity index is 670. The first kappa shape index (κ1) is 18.9. The Labute approximate surface area is 149 Å². The number of ether oxygens (including phenoxy) is 1. The van der Waals surface area contributed by atoms with Crippen molar-refractivity contribution in [3.8, 4) is 0 Å². The fourth-order valence-corrected chi connectivity index (χ4v) is 2.68. The number of esters is 1. The summed E-state index contributed by atoms with van der Waals surface area (Å²) in [5.41, 5.74) is 2.60. The molecule has 0 aliphatic carbocycles. The molecule has 1 unspecified atom stereocenters. The predicted octanol–water partition coefficient (Wildman–Crippen LogP) is 4.35. The van der Waals surface area contributed by atoms with Crippen LogP contribution in [0.2, 0.25) is 0 Å². The molecule has 132 valence electrons. The maximum atomic E-state index is 12.0. The molecule has 0 fully saturated rings. The summed E-state index contributed by atoms with van der Waals surface area (Å²) in [5.74, 6) is -0.333. The third-order valence-electron chi connectivity index (χ3n) is 4.02. The lowest BCUT2D eigenvalue weighted by Crippen LogP contribution is -2.33. The number of carbonyl (C=O) groups excluding carboxylic acids is 1. The second-order valence-corrected chi connectivity index (χ2v) is 5.99. The van der Waals surface area contributed by atoms with Crippen LogP contribution in [0, 0.1) is 0 Å². The fourth-order valence-electron chi connectivity index (χ4n) is 2.68. The van der Waals surface area contributed by atoms with Crippen molar-refractivity contribution in [3.05, 3.63) is 83.9 Å². The van der Waals surface area contributed by atoms with Crippen molar-refractivity contribution in [2.45, 2.75) is 39.0 Å². The van der Waals surface area contributed by atoms with E-state index in [-0.39, 0.29) is 25.0 Å². The van der Waals surface area contributed by atoms with Gasteiger partial charge in [-0.3, -0.25) is 4.79 Å². The second kappa shape index (κ2) is 9.77. The van der Waals surface area contributed by atoms with Crippen molar-refractivity contribution in [1.82, 2.24) is 5.06 Å². The zero-order chi connectivity index (χ0) is 18.1. The Hall–Kier alpha value is -2.43. The van der Waals surface area contributed by atoms with E-state index in [0.29, 0.717) is 18.5 Å². The number of hydrogen-bond acceptors (Lipinski definition) is 4. The van der Waals surface area contributed by atoms with Crippen LogP contribution in [0.5, 0.6) is 0 Å². The van der Waals surface area contributed by atoms with Gasteiger partial charge in [-0.1, -0.05) is 74.2 Å². The average molecular weight is 339 g/mol. The van der Waals surface area contributed by atoms with Crippen LogP contribution in [0.15, 0.2) is 72.8 Å². The fraction of sp³-hybridized carbons (Fsp3) is 0.286. The maximum Gasteiger partial charge on any atom is 0.310 e. The Kier molecular flexibility index (Phi) is 7.38. The molecular formula is C21H25NO3. The van der Waals surface area contributed by atoms with Gasteiger partial charge in [0.25, 0.3) is 0 Å². The minimum absolute atomic E-state index is 0.0944. The van der Waals surface area contributed by atoms with Gasteiger partial charge in [-0.05, 0) is 23.1 Å². The highest BCUT2D eigenvalue weighted by Crippen LogP contribution is 2.18. The summed E-state index contributed by atoms with van der Waals surface area (Å²) in [6.45, 7) is 6.57. The van der Waals surface area contributed by atoms with Gasteiger partial charge in [-0.15, -0.1) is 0 Å². The summed E-state index contributed by atoms with van der Waals surface area (Å²) in [4.78, 5) is 12.0. The van der Waals surface area contributed by atoms with E-state index in [1.807, 2.05) is 67.6 Å². The molecule has 0 amide bonds. The third kappa shape index (κ3) is 6.18. The molecule has 1 atom stereocenters. The van der Waals surface area contributed by atoms with E-state index < -0.39 is 0 Å². The zero-order valence-electron chi connectivity index (χ0n) is 14.6. The topological polar surface area (TPSA) is 49.8 Å². The third-order valence-corrected chi connectivity index (χ3v) is 4.02. The van der Waals surface area contributed by atoms with Crippen molar-refractivity contribution >= 4 is 5.97 Å². The van der Waals surface area contributed by atoms with Crippen molar-refractivity contribution in [3.63, 3.8) is 0 Å². The molecule has 1 N–H and O–H groups in total. The highest BCUT2D eigenvalue weighted by molar-refractivity contribution is 5.72. The lowest BCUT2D eigenvalue weighted by Gasteiger charge is -2.26. The summed E-state index contributed by atoms with van der Waals surface area (Å²) in [7, 11) is 0. The van der Waals surface area contributed by atoms with Crippen molar-refractivity contribution in [1.29, 1.82) is 0 Å². The Morgan fingerprint density at radius 1 is 1.08 bits per heavy atom. The molecular weight excluding hydrogens is 314 g/mol. The van der Waals surface area contributed by atoms with E-state index in [1.165, 1.54) is 5.06 Å². The molecule has 25 heavy (non-hydrogen) atoms. The first-order valence-electron chi connectivity index (χ1n) is 8.46. The second-order valence-electron chi connectivity index (χ2n) is 5.99. The van der Waals surface area contributed by atoms with E-state index in [2.05, 4.69) is 6.58 Å². The largest absolute Gasteiger partial charge is 0.461 e. The number of nitrogens with zero attached hydrogens (tertiary/aromatic N) is 1. The monoisotopic (exact) mass is 339 g/mol. The Morgan fingerprint density at radius 3 is 2.20 bits per heavy atom. The van der Waals surface area contributed by atoms with E-state index in [4.69, 9.17) is 4.74 Å². The van der Waals surface area contributed by atoms with Crippen LogP contribution in [0.1, 0.15) is 30.9 Å². The Morgan fingerprint density at radius 2 is 1.64 bits per heavy atom. The summed E-state index contributed by atoms with van der Waals surface area (Å²) >= 11 is 0. The van der Waals surface area contributed by atoms with Crippen molar-refractivity contribution in [2.75, 3.05) is 0 Å². The molecule has 0 aliphatic rings. The predicted molar refractivity (Wildman–Crippen MR) is 97.8 cm³/mol. The molecule has 0 radical (unpaired) electrons. The molecule has 4 heteroatoms. The Balaban J connectivity index is 1.85. The maximum absolute atomic E-state index is 12.0. The van der Waals surface area contributed by atoms with Gasteiger partial charge in [-0.25, -0.2) is 0 Å². The molecule has 0 aromatic heterocycles. The average Bonchev–Trinajstić information content (AvgIpc) is 2.62. The summed E-state index contributed by atoms with van der Waals surface area (Å²) in [5, 5.41) is 11.6. The number of hydrogen-bond donors (Lipinski definition) is 1. The van der Waals surface area contributed by atoms with Crippen LogP contribution in [-0.4, -0.2) is 22.3 Å². The van der Waals surface area contributed by atoms with Gasteiger partial charge >= 0.3 is 5.97 Å². The van der Waals surface area contributed by atoms with Gasteiger partial charge in [0.05, 0.1) is 12.5 Å². The summed E-state index contributed by atoms with van der Waals surface area (Å²) in [6, 6.07) is 19.0. The minimum atomic E-state index is -0.333. The number of rotatable bonds is 9.